The summed E-state index contributed by atoms with van der Waals surface area (Å²) in [5.74, 6) is -8.09. The number of rotatable bonds is 21. The maximum atomic E-state index is 16.1. The van der Waals surface area contributed by atoms with Crippen molar-refractivity contribution in [2.45, 2.75) is 245 Å². The summed E-state index contributed by atoms with van der Waals surface area (Å²) < 4.78 is 100.0. The number of cyclic esters (lactones) is 1. The molecule has 24 nitrogen and oxygen atoms in total. The molecule has 0 aromatic heterocycles. The largest absolute Gasteiger partial charge is 0.461 e. The van der Waals surface area contributed by atoms with Crippen LogP contribution < -0.4 is 10.0 Å². The van der Waals surface area contributed by atoms with E-state index in [0.717, 1.165) is 0 Å². The molecule has 1 aromatic carbocycles. The van der Waals surface area contributed by atoms with Crippen molar-refractivity contribution in [2.75, 3.05) is 47.6 Å². The molecule has 0 spiro atoms. The average Bonchev–Trinajstić information content (AvgIpc) is 1.37. The van der Waals surface area contributed by atoms with Gasteiger partial charge in [-0.1, -0.05) is 71.8 Å². The van der Waals surface area contributed by atoms with Crippen molar-refractivity contribution >= 4 is 39.6 Å². The zero-order chi connectivity index (χ0) is 65.0. The predicted molar refractivity (Wildman–Crippen MR) is 320 cm³/mol. The second-order valence-electron chi connectivity index (χ2n) is 26.0. The van der Waals surface area contributed by atoms with Crippen molar-refractivity contribution in [2.24, 2.45) is 46.6 Å². The monoisotopic (exact) mass is 1260 g/mol. The Morgan fingerprint density at radius 3 is 2.13 bits per heavy atom. The third-order valence-electron chi connectivity index (χ3n) is 17.2. The number of aliphatic hydroxyl groups excluding tert-OH is 2. The van der Waals surface area contributed by atoms with Crippen LogP contribution in [0.15, 0.2) is 40.4 Å². The fourth-order valence-corrected chi connectivity index (χ4v) is 13.5. The summed E-state index contributed by atoms with van der Waals surface area (Å²) in [5, 5.41) is 29.9. The Hall–Kier alpha value is -3.96. The van der Waals surface area contributed by atoms with Crippen molar-refractivity contribution < 1.29 is 94.8 Å². The highest BCUT2D eigenvalue weighted by molar-refractivity contribution is 7.89. The Morgan fingerprint density at radius 1 is 0.851 bits per heavy atom. The van der Waals surface area contributed by atoms with Crippen molar-refractivity contribution in [3.63, 3.8) is 0 Å². The zero-order valence-electron chi connectivity index (χ0n) is 54.8. The first-order valence-electron chi connectivity index (χ1n) is 30.9. The van der Waals surface area contributed by atoms with Gasteiger partial charge in [0.15, 0.2) is 30.3 Å². The van der Waals surface area contributed by atoms with Crippen molar-refractivity contribution in [1.82, 2.24) is 14.9 Å². The number of benzene rings is 1. The number of amides is 1. The van der Waals surface area contributed by atoms with Gasteiger partial charge in [0.25, 0.3) is 0 Å². The molecule has 1 aromatic rings. The molecule has 4 saturated heterocycles. The lowest BCUT2D eigenvalue weighted by molar-refractivity contribution is -0.305. The Morgan fingerprint density at radius 2 is 1.51 bits per heavy atom. The SMILES string of the molecule is CCO/N=C1/C[C@@H](C)O[C@@H](O[C@@H]2[C@@H](C)[C@H](O[C@H]3C[C@@H](C)N(C)C[C@H](C)O3)[C@@H](C)C(=O)O[C@H](C(C)CO[C@@H]3O[C@H](C)[C@@H](O)[C@@H](OC)[C@H]3OC)[C@H](C)[C@@H](OC(=O)CC(C)C)[C@@H](C)C(=O)[C@@](C)(OC(=O)NC(C)(C)CNS(=O)(=O)c3ccccc3)C[C@@H]2C)[C@@H]1O. The van der Waals surface area contributed by atoms with E-state index in [-0.39, 0.29) is 67.7 Å². The maximum absolute atomic E-state index is 16.1. The Bertz CT molecular complexity index is 2510. The first-order valence-corrected chi connectivity index (χ1v) is 32.4. The number of esters is 2. The van der Waals surface area contributed by atoms with E-state index < -0.39 is 160 Å². The number of likely N-dealkylation sites (N-methyl/N-ethyl adjacent to an activating group) is 1. The molecule has 0 radical (unpaired) electrons. The number of carbonyl (C=O) groups excluding carboxylic acids is 4. The van der Waals surface area contributed by atoms with Crippen LogP contribution in [0.3, 0.4) is 0 Å². The number of hydrogen-bond acceptors (Lipinski definition) is 22. The van der Waals surface area contributed by atoms with Gasteiger partial charge >= 0.3 is 18.0 Å². The fourth-order valence-electron chi connectivity index (χ4n) is 12.3. The molecular weight excluding hydrogens is 1150 g/mol. The predicted octanol–water partition coefficient (Wildman–Crippen LogP) is 6.15. The first-order chi connectivity index (χ1) is 40.7. The number of Topliss-reactive ketones (excluding diaryl/α,β-unsaturated/α-hetero) is 1. The minimum absolute atomic E-state index is 0.0134. The van der Waals surface area contributed by atoms with Crippen LogP contribution in [-0.4, -0.2) is 204 Å². The van der Waals surface area contributed by atoms with Gasteiger partial charge in [0.2, 0.25) is 10.0 Å². The smallest absolute Gasteiger partial charge is 0.408 e. The first kappa shape index (κ1) is 73.8. The van der Waals surface area contributed by atoms with E-state index in [1.807, 2.05) is 34.7 Å². The second kappa shape index (κ2) is 32.4. The van der Waals surface area contributed by atoms with Crippen molar-refractivity contribution in [3.8, 4) is 0 Å². The third-order valence-corrected chi connectivity index (χ3v) is 18.6. The molecule has 1 amide bonds. The maximum Gasteiger partial charge on any atom is 0.408 e. The van der Waals surface area contributed by atoms with Gasteiger partial charge in [0.1, 0.15) is 43.2 Å². The van der Waals surface area contributed by atoms with Crippen LogP contribution in [-0.2, 0) is 81.3 Å². The molecule has 4 fully saturated rings. The molecule has 4 heterocycles. The topological polar surface area (TPSA) is 293 Å². The van der Waals surface area contributed by atoms with Crippen LogP contribution in [0.5, 0.6) is 0 Å². The standard InChI is InChI=1S/C62H104N4O20S/c1-20-78-65-45-28-37(7)80-58(49(45)69)85-50-34(4)29-62(16,86-60(72)64-61(14,15)32-63-87(73,74)44-24-22-21-23-25-44)56(70)41(11)52(82-46(67)26-33(2)3)40(10)51(35(5)31-77-59-55(76-19)54(75-18)48(68)43(13)81-59)84-57(71)42(12)53(39(50)9)83-47-27-36(6)66(17)30-38(8)79-47/h21-25,33-43,47-55,58-59,63,68-69H,20,26-32H2,1-19H3,(H,64,72)/b65-45-/t34-,35?,36+,37+,38-,39+,40-,41+,42+,43+,47-,48+,49+,50-,51+,52+,53-,54+,55+,58-,59+,62-/m0/s1. The number of nitrogens with zero attached hydrogens (tertiary/aromatic N) is 2. The molecule has 498 valence electrons. The molecule has 0 bridgehead atoms. The number of sulfonamides is 1. The number of methoxy groups -OCH3 is 2. The number of ether oxygens (including phenoxy) is 11. The molecule has 4 aliphatic heterocycles. The lowest BCUT2D eigenvalue weighted by atomic mass is 9.74. The molecule has 22 atom stereocenters. The highest BCUT2D eigenvalue weighted by atomic mass is 32.2. The van der Waals surface area contributed by atoms with Gasteiger partial charge in [-0.3, -0.25) is 14.4 Å². The molecule has 4 N–H and O–H groups in total. The molecule has 0 aliphatic carbocycles. The van der Waals surface area contributed by atoms with Gasteiger partial charge in [-0.15, -0.1) is 0 Å². The van der Waals surface area contributed by atoms with Crippen molar-refractivity contribution in [3.05, 3.63) is 30.3 Å². The van der Waals surface area contributed by atoms with E-state index in [1.165, 1.54) is 33.3 Å². The van der Waals surface area contributed by atoms with Crippen LogP contribution in [0.4, 0.5) is 4.79 Å². The number of aliphatic hydroxyl groups is 2. The van der Waals surface area contributed by atoms with Gasteiger partial charge < -0.3 is 77.4 Å². The van der Waals surface area contributed by atoms with E-state index in [1.54, 1.807) is 87.4 Å². The molecule has 0 saturated carbocycles. The van der Waals surface area contributed by atoms with Gasteiger partial charge in [-0.05, 0) is 99.8 Å². The highest BCUT2D eigenvalue weighted by Crippen LogP contribution is 2.41. The minimum atomic E-state index is -4.03. The Kier molecular flexibility index (Phi) is 27.4. The number of oxime groups is 1. The summed E-state index contributed by atoms with van der Waals surface area (Å²) in [5.41, 5.74) is -3.17. The summed E-state index contributed by atoms with van der Waals surface area (Å²) in [4.78, 5) is 68.0. The number of ketones is 1. The molecule has 4 aliphatic rings. The van der Waals surface area contributed by atoms with E-state index in [0.29, 0.717) is 13.0 Å². The lowest BCUT2D eigenvalue weighted by Gasteiger charge is -2.45. The van der Waals surface area contributed by atoms with E-state index in [2.05, 4.69) is 27.0 Å². The lowest BCUT2D eigenvalue weighted by Crippen LogP contribution is -2.59. The Labute approximate surface area is 516 Å². The quantitative estimate of drug-likeness (QED) is 0.0609. The van der Waals surface area contributed by atoms with Crippen LogP contribution in [0.1, 0.15) is 136 Å². The second-order valence-corrected chi connectivity index (χ2v) is 27.8. The average molecular weight is 1260 g/mol. The highest BCUT2D eigenvalue weighted by Gasteiger charge is 2.53. The number of nitrogens with one attached hydrogen (secondary N) is 2. The fraction of sp³-hybridized carbons (Fsp3) is 0.823. The number of carbonyl (C=O) groups is 4. The molecule has 87 heavy (non-hydrogen) atoms. The van der Waals surface area contributed by atoms with E-state index in [9.17, 15) is 28.2 Å². The summed E-state index contributed by atoms with van der Waals surface area (Å²) in [6.07, 6.45) is -14.7. The number of alkyl carbamates (subject to hydrolysis) is 1. The van der Waals surface area contributed by atoms with Gasteiger partial charge in [-0.25, -0.2) is 17.9 Å². The van der Waals surface area contributed by atoms with Gasteiger partial charge in [0, 0.05) is 70.4 Å². The minimum Gasteiger partial charge on any atom is -0.461 e. The van der Waals surface area contributed by atoms with Crippen LogP contribution in [0, 0.1) is 41.4 Å². The molecular formula is C62H104N4O20S. The van der Waals surface area contributed by atoms with Crippen LogP contribution in [0.2, 0.25) is 0 Å². The zero-order valence-corrected chi connectivity index (χ0v) is 55.6. The van der Waals surface area contributed by atoms with Gasteiger partial charge in [-0.2, -0.15) is 0 Å². The van der Waals surface area contributed by atoms with Crippen LogP contribution >= 0.6 is 0 Å². The molecule has 25 heteroatoms. The van der Waals surface area contributed by atoms with Crippen molar-refractivity contribution in [1.29, 1.82) is 0 Å². The Balaban J connectivity index is 1.71. The normalized spacial score (nSPS) is 37.3. The van der Waals surface area contributed by atoms with E-state index in [4.69, 9.17) is 56.9 Å². The number of hydrogen-bond donors (Lipinski definition) is 4. The summed E-state index contributed by atoms with van der Waals surface area (Å²) in [6, 6.07) is 7.71. The van der Waals surface area contributed by atoms with Gasteiger partial charge in [0.05, 0.1) is 65.1 Å². The van der Waals surface area contributed by atoms with E-state index >= 15 is 9.59 Å². The third kappa shape index (κ3) is 19.8. The molecule has 1 unspecified atom stereocenters. The van der Waals surface area contributed by atoms with Crippen LogP contribution in [0.25, 0.3) is 0 Å². The summed E-state index contributed by atoms with van der Waals surface area (Å²) in [7, 11) is 0.843. The summed E-state index contributed by atoms with van der Waals surface area (Å²) in [6.45, 7) is 28.2. The molecule has 5 rings (SSSR count). The summed E-state index contributed by atoms with van der Waals surface area (Å²) >= 11 is 0.